The molecule has 3 heterocycles. The molecule has 3 aromatic rings. The first-order chi connectivity index (χ1) is 14.7. The van der Waals surface area contributed by atoms with Crippen LogP contribution < -0.4 is 5.32 Å². The number of rotatable bonds is 4. The molecule has 1 aromatic carbocycles. The van der Waals surface area contributed by atoms with Gasteiger partial charge >= 0.3 is 0 Å². The summed E-state index contributed by atoms with van der Waals surface area (Å²) in [7, 11) is 0. The number of fused-ring (bicyclic) bond motifs is 1. The van der Waals surface area contributed by atoms with Crippen LogP contribution in [0.2, 0.25) is 0 Å². The summed E-state index contributed by atoms with van der Waals surface area (Å²) in [6.45, 7) is 11.5. The van der Waals surface area contributed by atoms with Crippen molar-refractivity contribution < 1.29 is 4.79 Å². The second-order valence-electron chi connectivity index (χ2n) is 9.63. The van der Waals surface area contributed by atoms with E-state index in [1.165, 1.54) is 6.42 Å². The molecule has 0 saturated carbocycles. The van der Waals surface area contributed by atoms with Crippen molar-refractivity contribution >= 4 is 11.6 Å². The summed E-state index contributed by atoms with van der Waals surface area (Å²) in [5.74, 6) is 1.99. The third-order valence-corrected chi connectivity index (χ3v) is 5.68. The number of hydrogen-bond donors (Lipinski definition) is 1. The van der Waals surface area contributed by atoms with Crippen LogP contribution in [0.1, 0.15) is 81.8 Å². The molecule has 1 N–H and O–H groups in total. The number of nitrogens with one attached hydrogen (secondary N) is 1. The van der Waals surface area contributed by atoms with Crippen LogP contribution in [-0.4, -0.2) is 30.5 Å². The van der Waals surface area contributed by atoms with Crippen LogP contribution >= 0.6 is 0 Å². The van der Waals surface area contributed by atoms with Crippen molar-refractivity contribution in [3.63, 3.8) is 0 Å². The lowest BCUT2D eigenvalue weighted by molar-refractivity contribution is 0.102. The van der Waals surface area contributed by atoms with Crippen LogP contribution in [0.4, 0.5) is 5.69 Å². The molecule has 0 atom stereocenters. The highest BCUT2D eigenvalue weighted by molar-refractivity contribution is 6.03. The Hall–Kier alpha value is -2.96. The lowest BCUT2D eigenvalue weighted by Gasteiger charge is -2.23. The van der Waals surface area contributed by atoms with E-state index in [2.05, 4.69) is 59.8 Å². The Bertz CT molecular complexity index is 1090. The first kappa shape index (κ1) is 21.3. The minimum absolute atomic E-state index is 0.191. The summed E-state index contributed by atoms with van der Waals surface area (Å²) >= 11 is 0. The van der Waals surface area contributed by atoms with Gasteiger partial charge in [-0.25, -0.2) is 0 Å². The molecule has 2 aromatic heterocycles. The van der Waals surface area contributed by atoms with Gasteiger partial charge in [-0.15, -0.1) is 10.2 Å². The summed E-state index contributed by atoms with van der Waals surface area (Å²) < 4.78 is 4.17. The van der Waals surface area contributed by atoms with Crippen LogP contribution in [0, 0.1) is 0 Å². The zero-order valence-corrected chi connectivity index (χ0v) is 19.1. The predicted octanol–water partition coefficient (Wildman–Crippen LogP) is 5.00. The maximum absolute atomic E-state index is 13.0. The number of aromatic nitrogens is 5. The summed E-state index contributed by atoms with van der Waals surface area (Å²) in [5.41, 5.74) is 2.98. The van der Waals surface area contributed by atoms with Crippen molar-refractivity contribution in [3.8, 4) is 11.4 Å². The number of carbonyl (C=O) groups is 1. The molecule has 164 valence electrons. The van der Waals surface area contributed by atoms with E-state index in [1.54, 1.807) is 0 Å². The molecule has 1 amide bonds. The maximum Gasteiger partial charge on any atom is 0.276 e. The van der Waals surface area contributed by atoms with Crippen molar-refractivity contribution in [2.45, 2.75) is 78.3 Å². The number of carbonyl (C=O) groups excluding carboxylic acids is 1. The van der Waals surface area contributed by atoms with Crippen molar-refractivity contribution in [1.82, 2.24) is 24.5 Å². The minimum Gasteiger partial charge on any atom is -0.321 e. The molecule has 0 fully saturated rings. The second kappa shape index (κ2) is 8.29. The van der Waals surface area contributed by atoms with Gasteiger partial charge in [0, 0.05) is 29.9 Å². The van der Waals surface area contributed by atoms with Gasteiger partial charge in [0.05, 0.1) is 5.54 Å². The molecule has 1 aliphatic rings. The summed E-state index contributed by atoms with van der Waals surface area (Å²) in [6.07, 6.45) is 4.49. The first-order valence-electron chi connectivity index (χ1n) is 11.2. The van der Waals surface area contributed by atoms with E-state index in [-0.39, 0.29) is 17.4 Å². The van der Waals surface area contributed by atoms with Gasteiger partial charge in [0.1, 0.15) is 5.82 Å². The summed E-state index contributed by atoms with van der Waals surface area (Å²) in [5, 5.41) is 16.5. The Balaban J connectivity index is 1.59. The van der Waals surface area contributed by atoms with Crippen LogP contribution in [-0.2, 0) is 18.5 Å². The molecule has 7 heteroatoms. The zero-order valence-electron chi connectivity index (χ0n) is 19.1. The Morgan fingerprint density at radius 2 is 1.90 bits per heavy atom. The van der Waals surface area contributed by atoms with Gasteiger partial charge in [-0.05, 0) is 57.7 Å². The highest BCUT2D eigenvalue weighted by Gasteiger charge is 2.24. The molecule has 0 bridgehead atoms. The quantitative estimate of drug-likeness (QED) is 0.644. The smallest absolute Gasteiger partial charge is 0.276 e. The highest BCUT2D eigenvalue weighted by Crippen LogP contribution is 2.26. The normalized spacial score (nSPS) is 14.4. The van der Waals surface area contributed by atoms with Crippen molar-refractivity contribution in [2.24, 2.45) is 0 Å². The maximum atomic E-state index is 13.0. The van der Waals surface area contributed by atoms with E-state index in [4.69, 9.17) is 0 Å². The van der Waals surface area contributed by atoms with Gasteiger partial charge in [0.15, 0.2) is 11.5 Å². The molecule has 0 unspecified atom stereocenters. The molecule has 0 aliphatic carbocycles. The van der Waals surface area contributed by atoms with Crippen LogP contribution in [0.3, 0.4) is 0 Å². The fourth-order valence-electron chi connectivity index (χ4n) is 4.08. The van der Waals surface area contributed by atoms with Gasteiger partial charge in [-0.2, -0.15) is 5.10 Å². The van der Waals surface area contributed by atoms with Gasteiger partial charge in [0.25, 0.3) is 5.91 Å². The number of amides is 1. The summed E-state index contributed by atoms with van der Waals surface area (Å²) in [4.78, 5) is 13.0. The fourth-order valence-corrected chi connectivity index (χ4v) is 4.08. The number of hydrogen-bond acceptors (Lipinski definition) is 4. The zero-order chi connectivity index (χ0) is 22.2. The number of aryl methyl sites for hydroxylation is 1. The molecule has 4 rings (SSSR count). The Labute approximate surface area is 183 Å². The fraction of sp³-hybridized carbons (Fsp3) is 0.500. The standard InChI is InChI=1S/C24H32N6O/c1-16(2)20-15-19(28-30(20)24(3,4)5)23(31)25-18-11-9-10-17(14-18)22-27-26-21-12-7-6-8-13-29(21)22/h9-11,14-16H,6-8,12-13H2,1-5H3,(H,25,31). The molecule has 7 nitrogen and oxygen atoms in total. The van der Waals surface area contributed by atoms with E-state index < -0.39 is 0 Å². The molecule has 0 radical (unpaired) electrons. The van der Waals surface area contributed by atoms with Gasteiger partial charge in [-0.1, -0.05) is 32.4 Å². The first-order valence-corrected chi connectivity index (χ1v) is 11.2. The van der Waals surface area contributed by atoms with E-state index in [0.29, 0.717) is 5.69 Å². The number of benzene rings is 1. The lowest BCUT2D eigenvalue weighted by atomic mass is 10.1. The van der Waals surface area contributed by atoms with E-state index in [0.717, 1.165) is 54.4 Å². The van der Waals surface area contributed by atoms with E-state index in [1.807, 2.05) is 35.0 Å². The van der Waals surface area contributed by atoms with Gasteiger partial charge in [-0.3, -0.25) is 9.48 Å². The Morgan fingerprint density at radius 1 is 1.10 bits per heavy atom. The van der Waals surface area contributed by atoms with Crippen molar-refractivity contribution in [1.29, 1.82) is 0 Å². The third kappa shape index (κ3) is 4.40. The number of nitrogens with zero attached hydrogens (tertiary/aromatic N) is 5. The van der Waals surface area contributed by atoms with Gasteiger partial charge in [0.2, 0.25) is 0 Å². The Kier molecular flexibility index (Phi) is 5.69. The average Bonchev–Trinajstić information content (AvgIpc) is 3.27. The lowest BCUT2D eigenvalue weighted by Crippen LogP contribution is -2.26. The van der Waals surface area contributed by atoms with Crippen molar-refractivity contribution in [3.05, 3.63) is 47.5 Å². The molecular weight excluding hydrogens is 388 g/mol. The number of anilines is 1. The highest BCUT2D eigenvalue weighted by atomic mass is 16.2. The van der Waals surface area contributed by atoms with E-state index in [9.17, 15) is 4.79 Å². The molecule has 1 aliphatic heterocycles. The predicted molar refractivity (Wildman–Crippen MR) is 122 cm³/mol. The molecule has 0 spiro atoms. The molecular formula is C24H32N6O. The monoisotopic (exact) mass is 420 g/mol. The van der Waals surface area contributed by atoms with Gasteiger partial charge < -0.3 is 9.88 Å². The van der Waals surface area contributed by atoms with Crippen LogP contribution in [0.25, 0.3) is 11.4 Å². The minimum atomic E-state index is -0.206. The van der Waals surface area contributed by atoms with Crippen LogP contribution in [0.5, 0.6) is 0 Å². The Morgan fingerprint density at radius 3 is 2.61 bits per heavy atom. The van der Waals surface area contributed by atoms with Crippen LogP contribution in [0.15, 0.2) is 30.3 Å². The second-order valence-corrected chi connectivity index (χ2v) is 9.63. The molecule has 0 saturated heterocycles. The van der Waals surface area contributed by atoms with Crippen molar-refractivity contribution in [2.75, 3.05) is 5.32 Å². The van der Waals surface area contributed by atoms with E-state index >= 15 is 0 Å². The average molecular weight is 421 g/mol. The SMILES string of the molecule is CC(C)c1cc(C(=O)Nc2cccc(-c3nnc4n3CCCCC4)c2)nn1C(C)(C)C. The largest absolute Gasteiger partial charge is 0.321 e. The third-order valence-electron chi connectivity index (χ3n) is 5.68. The summed E-state index contributed by atoms with van der Waals surface area (Å²) in [6, 6.07) is 9.71. The topological polar surface area (TPSA) is 77.6 Å². The molecule has 31 heavy (non-hydrogen) atoms.